The first kappa shape index (κ1) is 15.5. The summed E-state index contributed by atoms with van der Waals surface area (Å²) in [5.74, 6) is 1.59. The summed E-state index contributed by atoms with van der Waals surface area (Å²) < 4.78 is 6.17. The smallest absolute Gasteiger partial charge is 0.224 e. The molecule has 0 spiro atoms. The van der Waals surface area contributed by atoms with Crippen molar-refractivity contribution < 1.29 is 4.74 Å². The Hall–Kier alpha value is -1.87. The maximum atomic E-state index is 6.17. The van der Waals surface area contributed by atoms with Crippen LogP contribution in [-0.4, -0.2) is 12.0 Å². The van der Waals surface area contributed by atoms with Gasteiger partial charge in [-0.2, -0.15) is 0 Å². The Bertz CT molecular complexity index is 663. The van der Waals surface area contributed by atoms with Crippen LogP contribution in [0.4, 0.5) is 0 Å². The lowest BCUT2D eigenvalue weighted by Crippen LogP contribution is -2.10. The van der Waals surface area contributed by atoms with E-state index < -0.39 is 0 Å². The van der Waals surface area contributed by atoms with Crippen molar-refractivity contribution in [1.29, 1.82) is 0 Å². The number of aryl methyl sites for hydroxylation is 4. The zero-order valence-corrected chi connectivity index (χ0v) is 13.8. The number of ether oxygens (including phenoxy) is 1. The molecule has 0 atom stereocenters. The Kier molecular flexibility index (Phi) is 4.63. The minimum Gasteiger partial charge on any atom is -0.438 e. The van der Waals surface area contributed by atoms with Gasteiger partial charge in [-0.3, -0.25) is 0 Å². The highest BCUT2D eigenvalue weighted by Crippen LogP contribution is 2.30. The van der Waals surface area contributed by atoms with Gasteiger partial charge in [0.1, 0.15) is 5.75 Å². The van der Waals surface area contributed by atoms with Crippen molar-refractivity contribution >= 4 is 0 Å². The molecule has 0 unspecified atom stereocenters. The second kappa shape index (κ2) is 6.27. The largest absolute Gasteiger partial charge is 0.438 e. The van der Waals surface area contributed by atoms with Gasteiger partial charge in [0.25, 0.3) is 0 Å². The second-order valence-corrected chi connectivity index (χ2v) is 5.70. The van der Waals surface area contributed by atoms with Gasteiger partial charge in [0.15, 0.2) is 0 Å². The average Bonchev–Trinajstić information content (AvgIpc) is 2.39. The molecule has 0 amide bonds. The van der Waals surface area contributed by atoms with Crippen LogP contribution in [0.5, 0.6) is 11.6 Å². The van der Waals surface area contributed by atoms with E-state index in [4.69, 9.17) is 4.74 Å². The van der Waals surface area contributed by atoms with Gasteiger partial charge in [-0.25, -0.2) is 4.98 Å². The zero-order chi connectivity index (χ0) is 15.6. The number of rotatable bonds is 4. The fourth-order valence-electron chi connectivity index (χ4n) is 2.52. The van der Waals surface area contributed by atoms with Crippen LogP contribution in [0, 0.1) is 34.6 Å². The van der Waals surface area contributed by atoms with Gasteiger partial charge >= 0.3 is 0 Å². The number of hydrogen-bond acceptors (Lipinski definition) is 3. The van der Waals surface area contributed by atoms with Crippen molar-refractivity contribution in [3.8, 4) is 11.6 Å². The molecule has 3 heteroatoms. The normalized spacial score (nSPS) is 10.8. The third-order valence-corrected chi connectivity index (χ3v) is 3.76. The van der Waals surface area contributed by atoms with Crippen molar-refractivity contribution in [3.63, 3.8) is 0 Å². The first-order valence-corrected chi connectivity index (χ1v) is 7.29. The Labute approximate surface area is 127 Å². The predicted octanol–water partition coefficient (Wildman–Crippen LogP) is 4.14. The fourth-order valence-corrected chi connectivity index (χ4v) is 2.52. The lowest BCUT2D eigenvalue weighted by molar-refractivity contribution is 0.448. The van der Waals surface area contributed by atoms with E-state index in [1.54, 1.807) is 0 Å². The van der Waals surface area contributed by atoms with Gasteiger partial charge in [0.05, 0.1) is 0 Å². The standard InChI is InChI=1S/C18H24N2O/c1-11-7-12(2)15(5)17(8-11)21-18-16(10-19-6)13(3)9-14(4)20-18/h7-9,19H,10H2,1-6H3. The molecule has 1 aromatic carbocycles. The van der Waals surface area contributed by atoms with Crippen molar-refractivity contribution in [2.75, 3.05) is 7.05 Å². The molecule has 0 bridgehead atoms. The van der Waals surface area contributed by atoms with Crippen LogP contribution in [0.3, 0.4) is 0 Å². The lowest BCUT2D eigenvalue weighted by atomic mass is 10.1. The Balaban J connectivity index is 2.48. The van der Waals surface area contributed by atoms with E-state index in [2.05, 4.69) is 56.2 Å². The van der Waals surface area contributed by atoms with E-state index in [1.165, 1.54) is 16.7 Å². The molecule has 1 heterocycles. The maximum Gasteiger partial charge on any atom is 0.224 e. The number of hydrogen-bond donors (Lipinski definition) is 1. The molecule has 0 aliphatic carbocycles. The van der Waals surface area contributed by atoms with Gasteiger partial charge < -0.3 is 10.1 Å². The summed E-state index contributed by atoms with van der Waals surface area (Å²) in [6.07, 6.45) is 0. The molecule has 21 heavy (non-hydrogen) atoms. The van der Waals surface area contributed by atoms with Crippen molar-refractivity contribution in [1.82, 2.24) is 10.3 Å². The second-order valence-electron chi connectivity index (χ2n) is 5.70. The molecule has 3 nitrogen and oxygen atoms in total. The first-order valence-electron chi connectivity index (χ1n) is 7.29. The molecule has 0 aliphatic heterocycles. The molecule has 0 aliphatic rings. The van der Waals surface area contributed by atoms with Crippen LogP contribution in [0.1, 0.15) is 33.5 Å². The van der Waals surface area contributed by atoms with E-state index in [0.717, 1.165) is 29.1 Å². The van der Waals surface area contributed by atoms with Crippen molar-refractivity contribution in [2.45, 2.75) is 41.2 Å². The summed E-state index contributed by atoms with van der Waals surface area (Å²) in [4.78, 5) is 4.59. The predicted molar refractivity (Wildman–Crippen MR) is 87.2 cm³/mol. The van der Waals surface area contributed by atoms with Crippen LogP contribution >= 0.6 is 0 Å². The highest BCUT2D eigenvalue weighted by atomic mass is 16.5. The summed E-state index contributed by atoms with van der Waals surface area (Å²) in [7, 11) is 1.94. The molecule has 0 saturated heterocycles. The van der Waals surface area contributed by atoms with E-state index in [9.17, 15) is 0 Å². The molecule has 1 aromatic heterocycles. The van der Waals surface area contributed by atoms with Gasteiger partial charge in [0, 0.05) is 17.8 Å². The fraction of sp³-hybridized carbons (Fsp3) is 0.389. The molecule has 2 aromatic rings. The number of aromatic nitrogens is 1. The summed E-state index contributed by atoms with van der Waals surface area (Å²) in [5, 5.41) is 3.19. The van der Waals surface area contributed by atoms with Gasteiger partial charge in [-0.05, 0) is 76.1 Å². The number of nitrogens with one attached hydrogen (secondary N) is 1. The Morgan fingerprint density at radius 2 is 1.71 bits per heavy atom. The monoisotopic (exact) mass is 284 g/mol. The number of benzene rings is 1. The molecule has 0 fully saturated rings. The average molecular weight is 284 g/mol. The zero-order valence-electron chi connectivity index (χ0n) is 13.8. The Morgan fingerprint density at radius 3 is 2.38 bits per heavy atom. The van der Waals surface area contributed by atoms with Crippen LogP contribution in [0.2, 0.25) is 0 Å². The SMILES string of the molecule is CNCc1c(C)cc(C)nc1Oc1cc(C)cc(C)c1C. The first-order chi connectivity index (χ1) is 9.92. The number of nitrogens with zero attached hydrogens (tertiary/aromatic N) is 1. The van der Waals surface area contributed by atoms with E-state index in [-0.39, 0.29) is 0 Å². The van der Waals surface area contributed by atoms with Crippen LogP contribution in [0.15, 0.2) is 18.2 Å². The molecular weight excluding hydrogens is 260 g/mol. The topological polar surface area (TPSA) is 34.2 Å². The minimum absolute atomic E-state index is 0.704. The quantitative estimate of drug-likeness (QED) is 0.916. The summed E-state index contributed by atoms with van der Waals surface area (Å²) >= 11 is 0. The van der Waals surface area contributed by atoms with Gasteiger partial charge in [-0.15, -0.1) is 0 Å². The summed E-state index contributed by atoms with van der Waals surface area (Å²) in [5.41, 5.74) is 6.90. The van der Waals surface area contributed by atoms with Gasteiger partial charge in [-0.1, -0.05) is 6.07 Å². The summed E-state index contributed by atoms with van der Waals surface area (Å²) in [6.45, 7) is 11.1. The van der Waals surface area contributed by atoms with Crippen molar-refractivity contribution in [2.24, 2.45) is 0 Å². The molecular formula is C18H24N2O. The molecule has 0 saturated carbocycles. The maximum absolute atomic E-state index is 6.17. The van der Waals surface area contributed by atoms with Crippen molar-refractivity contribution in [3.05, 3.63) is 51.7 Å². The highest BCUT2D eigenvalue weighted by Gasteiger charge is 2.13. The van der Waals surface area contributed by atoms with Crippen LogP contribution in [-0.2, 0) is 6.54 Å². The van der Waals surface area contributed by atoms with E-state index in [1.807, 2.05) is 14.0 Å². The van der Waals surface area contributed by atoms with E-state index in [0.29, 0.717) is 5.88 Å². The third-order valence-electron chi connectivity index (χ3n) is 3.76. The van der Waals surface area contributed by atoms with Gasteiger partial charge in [0.2, 0.25) is 5.88 Å². The van der Waals surface area contributed by atoms with Crippen LogP contribution in [0.25, 0.3) is 0 Å². The molecule has 0 radical (unpaired) electrons. The number of pyridine rings is 1. The molecule has 112 valence electrons. The minimum atomic E-state index is 0.704. The highest BCUT2D eigenvalue weighted by molar-refractivity contribution is 5.45. The summed E-state index contributed by atoms with van der Waals surface area (Å²) in [6, 6.07) is 6.34. The van der Waals surface area contributed by atoms with E-state index >= 15 is 0 Å². The Morgan fingerprint density at radius 1 is 1.00 bits per heavy atom. The molecule has 1 N–H and O–H groups in total. The molecule has 2 rings (SSSR count). The lowest BCUT2D eigenvalue weighted by Gasteiger charge is -2.16. The third kappa shape index (κ3) is 3.42. The van der Waals surface area contributed by atoms with Crippen LogP contribution < -0.4 is 10.1 Å².